The monoisotopic (exact) mass is 297 g/mol. The summed E-state index contributed by atoms with van der Waals surface area (Å²) in [5.74, 6) is 0. The first-order valence-electron chi connectivity index (χ1n) is 7.95. The number of aryl methyl sites for hydroxylation is 1. The fourth-order valence-electron chi connectivity index (χ4n) is 3.42. The minimum atomic E-state index is -0.527. The van der Waals surface area contributed by atoms with Gasteiger partial charge in [0, 0.05) is 19.1 Å². The van der Waals surface area contributed by atoms with Gasteiger partial charge in [-0.1, -0.05) is 54.6 Å². The van der Waals surface area contributed by atoms with Gasteiger partial charge in [0.15, 0.2) is 0 Å². The van der Waals surface area contributed by atoms with Crippen LogP contribution >= 0.6 is 0 Å². The zero-order valence-corrected chi connectivity index (χ0v) is 12.7. The summed E-state index contributed by atoms with van der Waals surface area (Å²) in [6.45, 7) is 1.24. The molecule has 2 aromatic rings. The molecule has 0 aliphatic heterocycles. The average molecular weight is 297 g/mol. The minimum Gasteiger partial charge on any atom is -0.395 e. The maximum Gasteiger partial charge on any atom is 0.0917 e. The van der Waals surface area contributed by atoms with Crippen LogP contribution in [0.2, 0.25) is 0 Å². The van der Waals surface area contributed by atoms with E-state index in [0.29, 0.717) is 19.1 Å². The molecule has 116 valence electrons. The highest BCUT2D eigenvalue weighted by atomic mass is 16.3. The molecule has 0 fully saturated rings. The van der Waals surface area contributed by atoms with Crippen molar-refractivity contribution in [3.63, 3.8) is 0 Å². The molecule has 3 rings (SSSR count). The minimum absolute atomic E-state index is 0.111. The Hall–Kier alpha value is -1.68. The van der Waals surface area contributed by atoms with E-state index in [1.807, 2.05) is 30.3 Å². The van der Waals surface area contributed by atoms with Gasteiger partial charge in [-0.25, -0.2) is 0 Å². The fraction of sp³-hybridized carbons (Fsp3) is 0.368. The van der Waals surface area contributed by atoms with E-state index in [0.717, 1.165) is 18.4 Å². The Labute approximate surface area is 131 Å². The smallest absolute Gasteiger partial charge is 0.0917 e. The zero-order chi connectivity index (χ0) is 15.4. The van der Waals surface area contributed by atoms with Gasteiger partial charge in [-0.05, 0) is 29.5 Å². The van der Waals surface area contributed by atoms with Crippen molar-refractivity contribution in [3.8, 4) is 0 Å². The van der Waals surface area contributed by atoms with Crippen molar-refractivity contribution < 1.29 is 10.2 Å². The Morgan fingerprint density at radius 1 is 1.05 bits per heavy atom. The molecule has 0 radical (unpaired) electrons. The van der Waals surface area contributed by atoms with Crippen LogP contribution in [0.15, 0.2) is 54.6 Å². The SMILES string of the molecule is OCCN(CC(O)c1ccccc1)C1CCc2ccccc21. The van der Waals surface area contributed by atoms with Gasteiger partial charge in [-0.3, -0.25) is 4.90 Å². The summed E-state index contributed by atoms with van der Waals surface area (Å²) in [5.41, 5.74) is 3.66. The molecule has 1 aliphatic rings. The van der Waals surface area contributed by atoms with E-state index >= 15 is 0 Å². The molecule has 2 atom stereocenters. The number of hydrogen-bond acceptors (Lipinski definition) is 3. The lowest BCUT2D eigenvalue weighted by Gasteiger charge is -2.31. The number of aliphatic hydroxyl groups excluding tert-OH is 2. The van der Waals surface area contributed by atoms with Gasteiger partial charge in [0.25, 0.3) is 0 Å². The number of nitrogens with zero attached hydrogens (tertiary/aromatic N) is 1. The summed E-state index contributed by atoms with van der Waals surface area (Å²) in [6.07, 6.45) is 1.60. The standard InChI is InChI=1S/C19H23NO2/c21-13-12-20(14-19(22)16-7-2-1-3-8-16)18-11-10-15-6-4-5-9-17(15)18/h1-9,18-19,21-22H,10-14H2. The molecular weight excluding hydrogens is 274 g/mol. The third-order valence-electron chi connectivity index (χ3n) is 4.52. The van der Waals surface area contributed by atoms with Crippen molar-refractivity contribution in [3.05, 3.63) is 71.3 Å². The Bertz CT molecular complexity index is 599. The number of hydrogen-bond donors (Lipinski definition) is 2. The summed E-state index contributed by atoms with van der Waals surface area (Å²) >= 11 is 0. The lowest BCUT2D eigenvalue weighted by atomic mass is 10.0. The average Bonchev–Trinajstić information content (AvgIpc) is 2.99. The van der Waals surface area contributed by atoms with E-state index in [2.05, 4.69) is 29.2 Å². The fourth-order valence-corrected chi connectivity index (χ4v) is 3.42. The van der Waals surface area contributed by atoms with Crippen molar-refractivity contribution in [1.82, 2.24) is 4.90 Å². The van der Waals surface area contributed by atoms with Crippen LogP contribution in [0, 0.1) is 0 Å². The second kappa shape index (κ2) is 7.05. The van der Waals surface area contributed by atoms with Crippen LogP contribution in [0.3, 0.4) is 0 Å². The Kier molecular flexibility index (Phi) is 4.88. The Morgan fingerprint density at radius 3 is 2.55 bits per heavy atom. The zero-order valence-electron chi connectivity index (χ0n) is 12.7. The van der Waals surface area contributed by atoms with Gasteiger partial charge < -0.3 is 10.2 Å². The molecule has 22 heavy (non-hydrogen) atoms. The summed E-state index contributed by atoms with van der Waals surface area (Å²) in [5, 5.41) is 19.9. The molecule has 0 spiro atoms. The molecular formula is C19H23NO2. The van der Waals surface area contributed by atoms with Crippen molar-refractivity contribution >= 4 is 0 Å². The van der Waals surface area contributed by atoms with E-state index < -0.39 is 6.10 Å². The molecule has 2 unspecified atom stereocenters. The molecule has 0 aromatic heterocycles. The number of benzene rings is 2. The Morgan fingerprint density at radius 2 is 1.77 bits per heavy atom. The van der Waals surface area contributed by atoms with Crippen molar-refractivity contribution in [2.24, 2.45) is 0 Å². The maximum atomic E-state index is 10.5. The van der Waals surface area contributed by atoms with Crippen LogP contribution in [0.25, 0.3) is 0 Å². The molecule has 2 N–H and O–H groups in total. The van der Waals surface area contributed by atoms with Gasteiger partial charge in [-0.2, -0.15) is 0 Å². The first kappa shape index (κ1) is 15.2. The van der Waals surface area contributed by atoms with Gasteiger partial charge in [-0.15, -0.1) is 0 Å². The maximum absolute atomic E-state index is 10.5. The number of fused-ring (bicyclic) bond motifs is 1. The highest BCUT2D eigenvalue weighted by Gasteiger charge is 2.28. The van der Waals surface area contributed by atoms with Gasteiger partial charge in [0.1, 0.15) is 0 Å². The third-order valence-corrected chi connectivity index (χ3v) is 4.52. The predicted molar refractivity (Wildman–Crippen MR) is 87.6 cm³/mol. The normalized spacial score (nSPS) is 18.4. The summed E-state index contributed by atoms with van der Waals surface area (Å²) in [6, 6.07) is 18.5. The molecule has 2 aromatic carbocycles. The quantitative estimate of drug-likeness (QED) is 0.861. The number of aliphatic hydroxyl groups is 2. The molecule has 0 amide bonds. The molecule has 3 nitrogen and oxygen atoms in total. The van der Waals surface area contributed by atoms with Crippen molar-refractivity contribution in [2.75, 3.05) is 19.7 Å². The van der Waals surface area contributed by atoms with Crippen LogP contribution < -0.4 is 0 Å². The second-order valence-electron chi connectivity index (χ2n) is 5.90. The van der Waals surface area contributed by atoms with E-state index in [1.165, 1.54) is 11.1 Å². The van der Waals surface area contributed by atoms with E-state index in [9.17, 15) is 10.2 Å². The molecule has 0 saturated carbocycles. The number of rotatable bonds is 6. The summed E-state index contributed by atoms with van der Waals surface area (Å²) < 4.78 is 0. The molecule has 0 bridgehead atoms. The van der Waals surface area contributed by atoms with Gasteiger partial charge in [0.05, 0.1) is 12.7 Å². The highest BCUT2D eigenvalue weighted by Crippen LogP contribution is 2.36. The first-order chi connectivity index (χ1) is 10.8. The van der Waals surface area contributed by atoms with E-state index in [4.69, 9.17) is 0 Å². The molecule has 0 saturated heterocycles. The van der Waals surface area contributed by atoms with Crippen LogP contribution in [0.4, 0.5) is 0 Å². The van der Waals surface area contributed by atoms with Crippen molar-refractivity contribution in [2.45, 2.75) is 25.0 Å². The van der Waals surface area contributed by atoms with E-state index in [1.54, 1.807) is 0 Å². The van der Waals surface area contributed by atoms with E-state index in [-0.39, 0.29) is 6.61 Å². The summed E-state index contributed by atoms with van der Waals surface area (Å²) in [4.78, 5) is 2.21. The van der Waals surface area contributed by atoms with Gasteiger partial charge >= 0.3 is 0 Å². The summed E-state index contributed by atoms with van der Waals surface area (Å²) in [7, 11) is 0. The highest BCUT2D eigenvalue weighted by molar-refractivity contribution is 5.34. The lowest BCUT2D eigenvalue weighted by molar-refractivity contribution is 0.0725. The van der Waals surface area contributed by atoms with Crippen LogP contribution in [0.5, 0.6) is 0 Å². The molecule has 1 aliphatic carbocycles. The second-order valence-corrected chi connectivity index (χ2v) is 5.90. The van der Waals surface area contributed by atoms with Crippen LogP contribution in [-0.2, 0) is 6.42 Å². The molecule has 3 heteroatoms. The first-order valence-corrected chi connectivity index (χ1v) is 7.95. The largest absolute Gasteiger partial charge is 0.395 e. The third kappa shape index (κ3) is 3.22. The lowest BCUT2D eigenvalue weighted by Crippen LogP contribution is -2.34. The Balaban J connectivity index is 1.76. The van der Waals surface area contributed by atoms with Crippen molar-refractivity contribution in [1.29, 1.82) is 0 Å². The van der Waals surface area contributed by atoms with Gasteiger partial charge in [0.2, 0.25) is 0 Å². The van der Waals surface area contributed by atoms with Crippen LogP contribution in [0.1, 0.15) is 35.3 Å². The molecule has 0 heterocycles. The topological polar surface area (TPSA) is 43.7 Å². The van der Waals surface area contributed by atoms with Crippen LogP contribution in [-0.4, -0.2) is 34.8 Å². The predicted octanol–water partition coefficient (Wildman–Crippen LogP) is 2.70.